The van der Waals surface area contributed by atoms with Gasteiger partial charge in [-0.05, 0) is 37.3 Å². The fourth-order valence-electron chi connectivity index (χ4n) is 2.62. The number of nitrogens with two attached hydrogens (primary N) is 1. The zero-order valence-electron chi connectivity index (χ0n) is 10.9. The summed E-state index contributed by atoms with van der Waals surface area (Å²) in [4.78, 5) is 12.3. The molecule has 0 aromatic heterocycles. The molecule has 0 bridgehead atoms. The van der Waals surface area contributed by atoms with Gasteiger partial charge in [-0.2, -0.15) is 0 Å². The number of nitrogen functional groups attached to an aromatic ring is 1. The fraction of sp³-hybridized carbons (Fsp3) is 0.500. The standard InChI is InChI=1S/C14H16Cl2N2O2/c15-9-5-8(6-10(16)12(9)17)14(19)18-11-3-4-20-13(11)7-1-2-7/h5-7,11,13H,1-4,17H2,(H,18,19). The highest BCUT2D eigenvalue weighted by Crippen LogP contribution is 2.39. The van der Waals surface area contributed by atoms with Gasteiger partial charge in [-0.3, -0.25) is 4.79 Å². The van der Waals surface area contributed by atoms with Gasteiger partial charge in [-0.25, -0.2) is 0 Å². The van der Waals surface area contributed by atoms with Gasteiger partial charge in [0.2, 0.25) is 0 Å². The van der Waals surface area contributed by atoms with Crippen LogP contribution < -0.4 is 11.1 Å². The molecule has 0 spiro atoms. The summed E-state index contributed by atoms with van der Waals surface area (Å²) in [7, 11) is 0. The van der Waals surface area contributed by atoms with Crippen molar-refractivity contribution in [3.63, 3.8) is 0 Å². The summed E-state index contributed by atoms with van der Waals surface area (Å²) >= 11 is 11.9. The Morgan fingerprint density at radius 3 is 2.50 bits per heavy atom. The Morgan fingerprint density at radius 2 is 1.90 bits per heavy atom. The highest BCUT2D eigenvalue weighted by atomic mass is 35.5. The molecule has 1 aromatic carbocycles. The van der Waals surface area contributed by atoms with E-state index in [-0.39, 0.29) is 18.1 Å². The number of carbonyl (C=O) groups is 1. The number of halogens is 2. The second kappa shape index (κ2) is 5.43. The number of rotatable bonds is 3. The minimum atomic E-state index is -0.185. The highest BCUT2D eigenvalue weighted by Gasteiger charge is 2.41. The molecule has 1 saturated carbocycles. The van der Waals surface area contributed by atoms with Crippen molar-refractivity contribution >= 4 is 34.8 Å². The molecule has 1 aliphatic carbocycles. The summed E-state index contributed by atoms with van der Waals surface area (Å²) in [5.74, 6) is 0.413. The van der Waals surface area contributed by atoms with Gasteiger partial charge >= 0.3 is 0 Å². The van der Waals surface area contributed by atoms with Crippen molar-refractivity contribution in [1.29, 1.82) is 0 Å². The molecule has 1 aliphatic heterocycles. The molecule has 2 atom stereocenters. The Balaban J connectivity index is 1.72. The fourth-order valence-corrected chi connectivity index (χ4v) is 3.11. The molecule has 3 rings (SSSR count). The average molecular weight is 315 g/mol. The Kier molecular flexibility index (Phi) is 3.80. The maximum absolute atomic E-state index is 12.3. The number of hydrogen-bond donors (Lipinski definition) is 2. The van der Waals surface area contributed by atoms with E-state index in [2.05, 4.69) is 5.32 Å². The number of amides is 1. The monoisotopic (exact) mass is 314 g/mol. The third-order valence-electron chi connectivity index (χ3n) is 3.88. The number of hydrogen-bond acceptors (Lipinski definition) is 3. The number of carbonyl (C=O) groups excluding carboxylic acids is 1. The van der Waals surface area contributed by atoms with Crippen molar-refractivity contribution in [3.8, 4) is 0 Å². The number of anilines is 1. The van der Waals surface area contributed by atoms with Crippen LogP contribution in [-0.2, 0) is 4.74 Å². The van der Waals surface area contributed by atoms with Gasteiger partial charge < -0.3 is 15.8 Å². The van der Waals surface area contributed by atoms with E-state index < -0.39 is 0 Å². The highest BCUT2D eigenvalue weighted by molar-refractivity contribution is 6.39. The first kappa shape index (κ1) is 14.0. The van der Waals surface area contributed by atoms with E-state index >= 15 is 0 Å². The Hall–Kier alpha value is -0.970. The molecule has 4 nitrogen and oxygen atoms in total. The third-order valence-corrected chi connectivity index (χ3v) is 4.51. The molecular formula is C14H16Cl2N2O2. The second-order valence-corrected chi connectivity index (χ2v) is 6.21. The lowest BCUT2D eigenvalue weighted by atomic mass is 10.1. The summed E-state index contributed by atoms with van der Waals surface area (Å²) in [6.07, 6.45) is 3.38. The SMILES string of the molecule is Nc1c(Cl)cc(C(=O)NC2CCOC2C2CC2)cc1Cl. The Bertz CT molecular complexity index is 523. The van der Waals surface area contributed by atoms with Gasteiger partial charge in [0.1, 0.15) is 0 Å². The predicted molar refractivity (Wildman–Crippen MR) is 79.2 cm³/mol. The van der Waals surface area contributed by atoms with Gasteiger partial charge in [0.25, 0.3) is 5.91 Å². The second-order valence-electron chi connectivity index (χ2n) is 5.40. The maximum Gasteiger partial charge on any atom is 0.251 e. The van der Waals surface area contributed by atoms with Crippen LogP contribution in [0.25, 0.3) is 0 Å². The van der Waals surface area contributed by atoms with E-state index in [1.165, 1.54) is 12.8 Å². The minimum absolute atomic E-state index is 0.0742. The van der Waals surface area contributed by atoms with E-state index in [0.29, 0.717) is 33.8 Å². The van der Waals surface area contributed by atoms with Crippen LogP contribution in [0.3, 0.4) is 0 Å². The Labute approximate surface area is 127 Å². The molecule has 108 valence electrons. The molecule has 2 unspecified atom stereocenters. The molecule has 3 N–H and O–H groups in total. The topological polar surface area (TPSA) is 64.4 Å². The summed E-state index contributed by atoms with van der Waals surface area (Å²) in [5, 5.41) is 3.61. The average Bonchev–Trinajstić information content (AvgIpc) is 3.16. The van der Waals surface area contributed by atoms with Crippen LogP contribution in [-0.4, -0.2) is 24.7 Å². The van der Waals surface area contributed by atoms with Crippen LogP contribution in [0.4, 0.5) is 5.69 Å². The molecule has 1 heterocycles. The van der Waals surface area contributed by atoms with Crippen LogP contribution in [0.15, 0.2) is 12.1 Å². The van der Waals surface area contributed by atoms with E-state index in [4.69, 9.17) is 33.7 Å². The van der Waals surface area contributed by atoms with Gasteiger partial charge in [0, 0.05) is 12.2 Å². The zero-order chi connectivity index (χ0) is 14.3. The first-order valence-corrected chi connectivity index (χ1v) is 7.49. The van der Waals surface area contributed by atoms with Crippen LogP contribution in [0.2, 0.25) is 10.0 Å². The Morgan fingerprint density at radius 1 is 1.25 bits per heavy atom. The molecule has 2 aliphatic rings. The molecule has 1 aromatic rings. The predicted octanol–water partition coefficient (Wildman–Crippen LogP) is 2.87. The number of benzene rings is 1. The molecule has 1 amide bonds. The molecule has 0 radical (unpaired) electrons. The van der Waals surface area contributed by atoms with Gasteiger partial charge in [-0.1, -0.05) is 23.2 Å². The van der Waals surface area contributed by atoms with Gasteiger partial charge in [-0.15, -0.1) is 0 Å². The van der Waals surface area contributed by atoms with E-state index in [9.17, 15) is 4.79 Å². The molecule has 2 fully saturated rings. The smallest absolute Gasteiger partial charge is 0.251 e. The summed E-state index contributed by atoms with van der Waals surface area (Å²) in [5.41, 5.74) is 6.39. The van der Waals surface area contributed by atoms with Crippen LogP contribution in [0.1, 0.15) is 29.6 Å². The van der Waals surface area contributed by atoms with Crippen LogP contribution in [0.5, 0.6) is 0 Å². The van der Waals surface area contributed by atoms with Gasteiger partial charge in [0.05, 0.1) is 27.9 Å². The van der Waals surface area contributed by atoms with Crippen molar-refractivity contribution in [2.24, 2.45) is 5.92 Å². The molecule has 20 heavy (non-hydrogen) atoms. The van der Waals surface area contributed by atoms with E-state index in [1.54, 1.807) is 12.1 Å². The van der Waals surface area contributed by atoms with Crippen LogP contribution in [0, 0.1) is 5.92 Å². The largest absolute Gasteiger partial charge is 0.396 e. The summed E-state index contributed by atoms with van der Waals surface area (Å²) < 4.78 is 5.71. The first-order chi connectivity index (χ1) is 9.56. The van der Waals surface area contributed by atoms with Gasteiger partial charge in [0.15, 0.2) is 0 Å². The minimum Gasteiger partial charge on any atom is -0.396 e. The molecular weight excluding hydrogens is 299 g/mol. The van der Waals surface area contributed by atoms with E-state index in [0.717, 1.165) is 6.42 Å². The zero-order valence-corrected chi connectivity index (χ0v) is 12.4. The van der Waals surface area contributed by atoms with Crippen molar-refractivity contribution in [3.05, 3.63) is 27.7 Å². The summed E-state index contributed by atoms with van der Waals surface area (Å²) in [6, 6.07) is 3.16. The molecule has 6 heteroatoms. The van der Waals surface area contributed by atoms with Crippen molar-refractivity contribution in [1.82, 2.24) is 5.32 Å². The lowest BCUT2D eigenvalue weighted by Gasteiger charge is -2.19. The lowest BCUT2D eigenvalue weighted by molar-refractivity contribution is 0.0729. The third kappa shape index (κ3) is 2.73. The molecule has 1 saturated heterocycles. The van der Waals surface area contributed by atoms with Crippen molar-refractivity contribution < 1.29 is 9.53 Å². The lowest BCUT2D eigenvalue weighted by Crippen LogP contribution is -2.41. The van der Waals surface area contributed by atoms with Crippen molar-refractivity contribution in [2.45, 2.75) is 31.4 Å². The number of ether oxygens (including phenoxy) is 1. The quantitative estimate of drug-likeness (QED) is 0.843. The van der Waals surface area contributed by atoms with Crippen molar-refractivity contribution in [2.75, 3.05) is 12.3 Å². The normalized spacial score (nSPS) is 25.7. The summed E-state index contributed by atoms with van der Waals surface area (Å²) in [6.45, 7) is 0.704. The van der Waals surface area contributed by atoms with Crippen LogP contribution >= 0.6 is 23.2 Å². The maximum atomic E-state index is 12.3. The van der Waals surface area contributed by atoms with E-state index in [1.807, 2.05) is 0 Å². The first-order valence-electron chi connectivity index (χ1n) is 6.73. The number of nitrogens with one attached hydrogen (secondary N) is 1.